The van der Waals surface area contributed by atoms with Gasteiger partial charge < -0.3 is 15.6 Å². The maximum atomic E-state index is 11.9. The molecule has 5 heteroatoms. The molecule has 1 aromatic heterocycles. The Balaban J connectivity index is 0.00000192. The first kappa shape index (κ1) is 17.8. The quantitative estimate of drug-likeness (QED) is 0.760. The minimum Gasteiger partial charge on any atom is -0.361 e. The molecule has 1 aliphatic heterocycles. The highest BCUT2D eigenvalue weighted by molar-refractivity contribution is 5.86. The third-order valence-electron chi connectivity index (χ3n) is 4.65. The zero-order valence-corrected chi connectivity index (χ0v) is 14.5. The average molecular weight is 336 g/mol. The normalized spacial score (nSPS) is 17.2. The molecule has 0 saturated carbocycles. The van der Waals surface area contributed by atoms with Gasteiger partial charge in [0, 0.05) is 30.1 Å². The molecule has 0 bridgehead atoms. The van der Waals surface area contributed by atoms with E-state index < -0.39 is 0 Å². The van der Waals surface area contributed by atoms with Crippen molar-refractivity contribution in [3.63, 3.8) is 0 Å². The molecule has 2 aromatic rings. The summed E-state index contributed by atoms with van der Waals surface area (Å²) in [6.07, 6.45) is 5.81. The van der Waals surface area contributed by atoms with Crippen molar-refractivity contribution >= 4 is 29.2 Å². The van der Waals surface area contributed by atoms with E-state index in [0.717, 1.165) is 25.9 Å². The number of aromatic nitrogens is 1. The molecule has 3 rings (SSSR count). The molecule has 3 N–H and O–H groups in total. The lowest BCUT2D eigenvalue weighted by atomic mass is 10.0. The van der Waals surface area contributed by atoms with E-state index in [1.54, 1.807) is 0 Å². The van der Waals surface area contributed by atoms with Gasteiger partial charge in [-0.15, -0.1) is 12.4 Å². The molecule has 1 aliphatic rings. The van der Waals surface area contributed by atoms with Gasteiger partial charge in [0.1, 0.15) is 0 Å². The van der Waals surface area contributed by atoms with E-state index in [0.29, 0.717) is 18.9 Å². The van der Waals surface area contributed by atoms with E-state index in [-0.39, 0.29) is 18.3 Å². The lowest BCUT2D eigenvalue weighted by molar-refractivity contribution is -0.121. The summed E-state index contributed by atoms with van der Waals surface area (Å²) in [5.74, 6) is 0.866. The molecule has 23 heavy (non-hydrogen) atoms. The van der Waals surface area contributed by atoms with E-state index in [1.807, 2.05) is 0 Å². The van der Waals surface area contributed by atoms with Crippen LogP contribution in [0.2, 0.25) is 0 Å². The van der Waals surface area contributed by atoms with Gasteiger partial charge in [0.25, 0.3) is 0 Å². The molecule has 1 aromatic carbocycles. The standard InChI is InChI=1S/C18H25N3O.ClH/c1-13-3-2-4-16-18(13)15(12-21-16)8-10-20-17(22)6-5-14-7-9-19-11-14;/h2-4,12,14,19,21H,5-11H2,1H3,(H,20,22);1H. The second-order valence-corrected chi connectivity index (χ2v) is 6.31. The van der Waals surface area contributed by atoms with Crippen molar-refractivity contribution in [1.29, 1.82) is 0 Å². The zero-order chi connectivity index (χ0) is 15.4. The average Bonchev–Trinajstić information content (AvgIpc) is 3.15. The minimum absolute atomic E-state index is 0. The highest BCUT2D eigenvalue weighted by Crippen LogP contribution is 2.22. The van der Waals surface area contributed by atoms with E-state index in [2.05, 4.69) is 46.9 Å². The van der Waals surface area contributed by atoms with Crippen molar-refractivity contribution in [3.8, 4) is 0 Å². The molecule has 1 unspecified atom stereocenters. The number of benzene rings is 1. The van der Waals surface area contributed by atoms with Crippen LogP contribution in [-0.4, -0.2) is 30.5 Å². The van der Waals surface area contributed by atoms with E-state index in [9.17, 15) is 4.79 Å². The van der Waals surface area contributed by atoms with Crippen molar-refractivity contribution < 1.29 is 4.79 Å². The van der Waals surface area contributed by atoms with Crippen molar-refractivity contribution in [2.45, 2.75) is 32.6 Å². The number of fused-ring (bicyclic) bond motifs is 1. The topological polar surface area (TPSA) is 56.9 Å². The van der Waals surface area contributed by atoms with Crippen LogP contribution in [0.3, 0.4) is 0 Å². The molecule has 126 valence electrons. The first-order chi connectivity index (χ1) is 10.7. The van der Waals surface area contributed by atoms with Crippen LogP contribution in [0.25, 0.3) is 10.9 Å². The van der Waals surface area contributed by atoms with Crippen molar-refractivity contribution in [2.24, 2.45) is 5.92 Å². The van der Waals surface area contributed by atoms with Gasteiger partial charge in [-0.3, -0.25) is 4.79 Å². The Morgan fingerprint density at radius 1 is 1.39 bits per heavy atom. The number of halogens is 1. The van der Waals surface area contributed by atoms with E-state index in [1.165, 1.54) is 28.5 Å². The Bertz CT molecular complexity index is 647. The fraction of sp³-hybridized carbons (Fsp3) is 0.500. The largest absolute Gasteiger partial charge is 0.361 e. The van der Waals surface area contributed by atoms with Gasteiger partial charge in [0.15, 0.2) is 0 Å². The molecule has 2 heterocycles. The predicted octanol–water partition coefficient (Wildman–Crippen LogP) is 2.95. The lowest BCUT2D eigenvalue weighted by Gasteiger charge is -2.08. The summed E-state index contributed by atoms with van der Waals surface area (Å²) in [6.45, 7) is 5.02. The van der Waals surface area contributed by atoms with Crippen molar-refractivity contribution in [1.82, 2.24) is 15.6 Å². The summed E-state index contributed by atoms with van der Waals surface area (Å²) in [5, 5.41) is 7.70. The molecular weight excluding hydrogens is 310 g/mol. The number of nitrogens with one attached hydrogen (secondary N) is 3. The number of rotatable bonds is 6. The molecular formula is C18H26ClN3O. The number of hydrogen-bond donors (Lipinski definition) is 3. The second kappa shape index (κ2) is 8.37. The summed E-state index contributed by atoms with van der Waals surface area (Å²) in [5.41, 5.74) is 3.75. The van der Waals surface area contributed by atoms with Crippen molar-refractivity contribution in [2.75, 3.05) is 19.6 Å². The second-order valence-electron chi connectivity index (χ2n) is 6.31. The Morgan fingerprint density at radius 3 is 3.04 bits per heavy atom. The van der Waals surface area contributed by atoms with Gasteiger partial charge in [-0.05, 0) is 62.4 Å². The Kier molecular flexibility index (Phi) is 6.48. The summed E-state index contributed by atoms with van der Waals surface area (Å²) < 4.78 is 0. The first-order valence-electron chi connectivity index (χ1n) is 8.27. The predicted molar refractivity (Wildman–Crippen MR) is 97.2 cm³/mol. The van der Waals surface area contributed by atoms with Crippen LogP contribution >= 0.6 is 12.4 Å². The third-order valence-corrected chi connectivity index (χ3v) is 4.65. The van der Waals surface area contributed by atoms with E-state index >= 15 is 0 Å². The van der Waals surface area contributed by atoms with Gasteiger partial charge >= 0.3 is 0 Å². The van der Waals surface area contributed by atoms with Crippen LogP contribution in [0.5, 0.6) is 0 Å². The molecule has 4 nitrogen and oxygen atoms in total. The fourth-order valence-corrected chi connectivity index (χ4v) is 3.37. The number of H-pyrrole nitrogens is 1. The summed E-state index contributed by atoms with van der Waals surface area (Å²) in [4.78, 5) is 15.2. The minimum atomic E-state index is 0. The molecule has 0 aliphatic carbocycles. The van der Waals surface area contributed by atoms with Gasteiger partial charge in [-0.25, -0.2) is 0 Å². The fourth-order valence-electron chi connectivity index (χ4n) is 3.37. The smallest absolute Gasteiger partial charge is 0.220 e. The lowest BCUT2D eigenvalue weighted by Crippen LogP contribution is -2.26. The molecule has 0 spiro atoms. The summed E-state index contributed by atoms with van der Waals surface area (Å²) >= 11 is 0. The van der Waals surface area contributed by atoms with Crippen LogP contribution in [0.15, 0.2) is 24.4 Å². The Labute approximate surface area is 143 Å². The van der Waals surface area contributed by atoms with Crippen LogP contribution in [-0.2, 0) is 11.2 Å². The highest BCUT2D eigenvalue weighted by Gasteiger charge is 2.15. The number of carbonyl (C=O) groups excluding carboxylic acids is 1. The third kappa shape index (κ3) is 4.49. The van der Waals surface area contributed by atoms with Crippen molar-refractivity contribution in [3.05, 3.63) is 35.5 Å². The number of aryl methyl sites for hydroxylation is 1. The van der Waals surface area contributed by atoms with Gasteiger partial charge in [-0.2, -0.15) is 0 Å². The summed E-state index contributed by atoms with van der Waals surface area (Å²) in [6, 6.07) is 6.30. The molecule has 1 amide bonds. The maximum absolute atomic E-state index is 11.9. The number of carbonyl (C=O) groups is 1. The molecule has 1 atom stereocenters. The van der Waals surface area contributed by atoms with Gasteiger partial charge in [0.05, 0.1) is 0 Å². The maximum Gasteiger partial charge on any atom is 0.220 e. The SMILES string of the molecule is Cc1cccc2[nH]cc(CCNC(=O)CCC3CCNC3)c12.Cl. The molecule has 1 saturated heterocycles. The highest BCUT2D eigenvalue weighted by atomic mass is 35.5. The van der Waals surface area contributed by atoms with Crippen LogP contribution in [0.1, 0.15) is 30.4 Å². The number of hydrogen-bond acceptors (Lipinski definition) is 2. The number of aromatic amines is 1. The zero-order valence-electron chi connectivity index (χ0n) is 13.7. The van der Waals surface area contributed by atoms with Crippen LogP contribution in [0.4, 0.5) is 0 Å². The van der Waals surface area contributed by atoms with Crippen LogP contribution in [0, 0.1) is 12.8 Å². The molecule has 1 fully saturated rings. The molecule has 0 radical (unpaired) electrons. The first-order valence-corrected chi connectivity index (χ1v) is 8.27. The van der Waals surface area contributed by atoms with Gasteiger partial charge in [-0.1, -0.05) is 12.1 Å². The monoisotopic (exact) mass is 335 g/mol. The number of amides is 1. The van der Waals surface area contributed by atoms with Gasteiger partial charge in [0.2, 0.25) is 5.91 Å². The Morgan fingerprint density at radius 2 is 2.26 bits per heavy atom. The summed E-state index contributed by atoms with van der Waals surface area (Å²) in [7, 11) is 0. The van der Waals surface area contributed by atoms with Crippen LogP contribution < -0.4 is 10.6 Å². The Hall–Kier alpha value is -1.52. The van der Waals surface area contributed by atoms with E-state index in [4.69, 9.17) is 0 Å².